The molecule has 1 aliphatic heterocycles. The fraction of sp³-hybridized carbons (Fsp3) is 0.556. The zero-order valence-corrected chi connectivity index (χ0v) is 15.8. The van der Waals surface area contributed by atoms with Gasteiger partial charge in [0.05, 0.1) is 16.7 Å². The monoisotopic (exact) mass is 382 g/mol. The Hall–Kier alpha value is -1.64. The van der Waals surface area contributed by atoms with E-state index in [2.05, 4.69) is 15.6 Å². The van der Waals surface area contributed by atoms with Crippen molar-refractivity contribution in [2.75, 3.05) is 33.7 Å². The predicted molar refractivity (Wildman–Crippen MR) is 99.2 cm³/mol. The van der Waals surface area contributed by atoms with Gasteiger partial charge in [-0.15, -0.1) is 11.3 Å². The normalized spacial score (nSPS) is 19.5. The van der Waals surface area contributed by atoms with Crippen LogP contribution in [0.5, 0.6) is 0 Å². The van der Waals surface area contributed by atoms with Crippen LogP contribution in [0.3, 0.4) is 0 Å². The van der Waals surface area contributed by atoms with E-state index in [1.165, 1.54) is 17.4 Å². The number of rotatable bonds is 5. The maximum absolute atomic E-state index is 14.0. The number of carbonyl (C=O) groups is 1. The molecule has 2 aromatic rings. The minimum Gasteiger partial charge on any atom is -0.345 e. The lowest BCUT2D eigenvalue weighted by Gasteiger charge is -2.23. The van der Waals surface area contributed by atoms with Gasteiger partial charge in [0.25, 0.3) is 0 Å². The highest BCUT2D eigenvalue weighted by atomic mass is 32.1. The number of halogens is 2. The molecule has 1 fully saturated rings. The van der Waals surface area contributed by atoms with E-state index in [9.17, 15) is 13.6 Å². The SMILES string of the molecule is CN(C)CC(NC(=O)C1CCCCNC1)c1nc2c(F)cc(F)cc2s1. The van der Waals surface area contributed by atoms with Crippen molar-refractivity contribution < 1.29 is 13.6 Å². The van der Waals surface area contributed by atoms with Crippen LogP contribution < -0.4 is 10.6 Å². The highest BCUT2D eigenvalue weighted by Crippen LogP contribution is 2.29. The molecule has 1 aromatic carbocycles. The van der Waals surface area contributed by atoms with Crippen LogP contribution in [0, 0.1) is 17.6 Å². The van der Waals surface area contributed by atoms with Crippen molar-refractivity contribution in [3.8, 4) is 0 Å². The molecule has 26 heavy (non-hydrogen) atoms. The van der Waals surface area contributed by atoms with Gasteiger partial charge in [0.1, 0.15) is 16.3 Å². The molecule has 2 unspecified atom stereocenters. The summed E-state index contributed by atoms with van der Waals surface area (Å²) in [6.45, 7) is 2.14. The lowest BCUT2D eigenvalue weighted by Crippen LogP contribution is -2.41. The molecular weight excluding hydrogens is 358 g/mol. The molecule has 2 heterocycles. The van der Waals surface area contributed by atoms with E-state index < -0.39 is 11.6 Å². The summed E-state index contributed by atoms with van der Waals surface area (Å²) in [5.41, 5.74) is 0.153. The molecule has 0 spiro atoms. The van der Waals surface area contributed by atoms with Crippen LogP contribution >= 0.6 is 11.3 Å². The van der Waals surface area contributed by atoms with Crippen LogP contribution in [-0.2, 0) is 4.79 Å². The van der Waals surface area contributed by atoms with E-state index in [0.29, 0.717) is 22.8 Å². The maximum atomic E-state index is 14.0. The quantitative estimate of drug-likeness (QED) is 0.835. The summed E-state index contributed by atoms with van der Waals surface area (Å²) in [6.07, 6.45) is 2.95. The van der Waals surface area contributed by atoms with Gasteiger partial charge in [-0.05, 0) is 39.5 Å². The van der Waals surface area contributed by atoms with E-state index >= 15 is 0 Å². The molecular formula is C18H24F2N4OS. The van der Waals surface area contributed by atoms with Gasteiger partial charge in [0, 0.05) is 19.2 Å². The van der Waals surface area contributed by atoms with Gasteiger partial charge in [0.2, 0.25) is 5.91 Å². The number of nitrogens with one attached hydrogen (secondary N) is 2. The molecule has 0 saturated carbocycles. The van der Waals surface area contributed by atoms with Gasteiger partial charge >= 0.3 is 0 Å². The summed E-state index contributed by atoms with van der Waals surface area (Å²) in [7, 11) is 3.81. The number of nitrogens with zero attached hydrogens (tertiary/aromatic N) is 2. The number of fused-ring (bicyclic) bond motifs is 1. The lowest BCUT2D eigenvalue weighted by molar-refractivity contribution is -0.125. The van der Waals surface area contributed by atoms with E-state index in [1.807, 2.05) is 19.0 Å². The summed E-state index contributed by atoms with van der Waals surface area (Å²) in [4.78, 5) is 19.0. The highest BCUT2D eigenvalue weighted by molar-refractivity contribution is 7.18. The topological polar surface area (TPSA) is 57.3 Å². The fourth-order valence-corrected chi connectivity index (χ4v) is 4.26. The molecule has 0 aliphatic carbocycles. The molecule has 1 saturated heterocycles. The molecule has 1 aliphatic rings. The van der Waals surface area contributed by atoms with E-state index in [0.717, 1.165) is 31.9 Å². The summed E-state index contributed by atoms with van der Waals surface area (Å²) in [5, 5.41) is 6.95. The molecule has 1 amide bonds. The van der Waals surface area contributed by atoms with Gasteiger partial charge in [-0.2, -0.15) is 0 Å². The summed E-state index contributed by atoms with van der Waals surface area (Å²) < 4.78 is 27.9. The Morgan fingerprint density at radius 1 is 1.42 bits per heavy atom. The number of hydrogen-bond acceptors (Lipinski definition) is 5. The first-order valence-corrected chi connectivity index (χ1v) is 9.67. The van der Waals surface area contributed by atoms with Crippen LogP contribution in [0.4, 0.5) is 8.78 Å². The summed E-state index contributed by atoms with van der Waals surface area (Å²) in [5.74, 6) is -1.39. The number of aromatic nitrogens is 1. The second-order valence-electron chi connectivity index (χ2n) is 7.01. The second kappa shape index (κ2) is 8.37. The van der Waals surface area contributed by atoms with Crippen molar-refractivity contribution in [3.05, 3.63) is 28.8 Å². The van der Waals surface area contributed by atoms with Crippen LogP contribution in [0.1, 0.15) is 30.3 Å². The third-order valence-electron chi connectivity index (χ3n) is 4.51. The molecule has 8 heteroatoms. The Morgan fingerprint density at radius 2 is 2.23 bits per heavy atom. The first kappa shape index (κ1) is 19.1. The van der Waals surface area contributed by atoms with Crippen molar-refractivity contribution in [3.63, 3.8) is 0 Å². The van der Waals surface area contributed by atoms with Crippen LogP contribution in [-0.4, -0.2) is 49.5 Å². The third kappa shape index (κ3) is 4.55. The molecule has 5 nitrogen and oxygen atoms in total. The van der Waals surface area contributed by atoms with E-state index in [-0.39, 0.29) is 23.4 Å². The average molecular weight is 382 g/mol. The summed E-state index contributed by atoms with van der Waals surface area (Å²) in [6, 6.07) is 1.76. The molecule has 0 bridgehead atoms. The standard InChI is InChI=1S/C18H24F2N4OS/c1-24(2)10-14(22-17(25)11-5-3-4-6-21-9-11)18-23-16-13(20)7-12(19)8-15(16)26-18/h7-8,11,14,21H,3-6,9-10H2,1-2H3,(H,22,25). The van der Waals surface area contributed by atoms with Crippen LogP contribution in [0.25, 0.3) is 10.2 Å². The van der Waals surface area contributed by atoms with Gasteiger partial charge in [-0.1, -0.05) is 6.42 Å². The highest BCUT2D eigenvalue weighted by Gasteiger charge is 2.26. The zero-order chi connectivity index (χ0) is 18.7. The Balaban J connectivity index is 1.83. The fourth-order valence-electron chi connectivity index (χ4n) is 3.21. The molecule has 0 radical (unpaired) electrons. The molecule has 2 atom stereocenters. The van der Waals surface area contributed by atoms with Crippen molar-refractivity contribution in [2.45, 2.75) is 25.3 Å². The van der Waals surface area contributed by atoms with Gasteiger partial charge in [0.15, 0.2) is 5.82 Å². The molecule has 142 valence electrons. The van der Waals surface area contributed by atoms with Crippen molar-refractivity contribution in [1.82, 2.24) is 20.5 Å². The number of thiazole rings is 1. The largest absolute Gasteiger partial charge is 0.345 e. The smallest absolute Gasteiger partial charge is 0.225 e. The summed E-state index contributed by atoms with van der Waals surface area (Å²) >= 11 is 1.22. The van der Waals surface area contributed by atoms with E-state index in [1.54, 1.807) is 0 Å². The molecule has 3 rings (SSSR count). The maximum Gasteiger partial charge on any atom is 0.225 e. The van der Waals surface area contributed by atoms with Crippen LogP contribution in [0.2, 0.25) is 0 Å². The third-order valence-corrected chi connectivity index (χ3v) is 5.63. The van der Waals surface area contributed by atoms with Crippen molar-refractivity contribution in [2.24, 2.45) is 5.92 Å². The van der Waals surface area contributed by atoms with Crippen molar-refractivity contribution >= 4 is 27.5 Å². The number of amides is 1. The van der Waals surface area contributed by atoms with Crippen LogP contribution in [0.15, 0.2) is 12.1 Å². The number of carbonyl (C=O) groups excluding carboxylic acids is 1. The minimum atomic E-state index is -0.676. The van der Waals surface area contributed by atoms with Crippen molar-refractivity contribution in [1.29, 1.82) is 0 Å². The molecule has 1 aromatic heterocycles. The number of benzene rings is 1. The Morgan fingerprint density at radius 3 is 3.00 bits per heavy atom. The van der Waals surface area contributed by atoms with E-state index in [4.69, 9.17) is 0 Å². The number of likely N-dealkylation sites (N-methyl/N-ethyl adjacent to an activating group) is 1. The average Bonchev–Trinajstić information content (AvgIpc) is 2.81. The van der Waals surface area contributed by atoms with Gasteiger partial charge in [-0.25, -0.2) is 13.8 Å². The Labute approximate surface area is 155 Å². The molecule has 2 N–H and O–H groups in total. The van der Waals surface area contributed by atoms with Gasteiger partial charge in [-0.3, -0.25) is 4.79 Å². The number of hydrogen-bond donors (Lipinski definition) is 2. The zero-order valence-electron chi connectivity index (χ0n) is 15.0. The first-order valence-electron chi connectivity index (χ1n) is 8.85. The van der Waals surface area contributed by atoms with Gasteiger partial charge < -0.3 is 15.5 Å². The first-order chi connectivity index (χ1) is 12.4. The Bertz CT molecular complexity index is 772. The Kier molecular flexibility index (Phi) is 6.16. The minimum absolute atomic E-state index is 0.0165. The second-order valence-corrected chi connectivity index (χ2v) is 8.07. The predicted octanol–water partition coefficient (Wildman–Crippen LogP) is 2.68. The lowest BCUT2D eigenvalue weighted by atomic mass is 10.0.